The van der Waals surface area contributed by atoms with Gasteiger partial charge in [0.05, 0.1) is 0 Å². The van der Waals surface area contributed by atoms with Crippen LogP contribution in [0, 0.1) is 0 Å². The fourth-order valence-corrected chi connectivity index (χ4v) is 3.06. The van der Waals surface area contributed by atoms with E-state index in [0.717, 1.165) is 25.8 Å². The molecule has 1 aromatic rings. The molecule has 0 radical (unpaired) electrons. The first kappa shape index (κ1) is 13.7. The zero-order chi connectivity index (χ0) is 13.1. The Labute approximate surface area is 118 Å². The number of hydrogen-bond donors (Lipinski definition) is 0. The summed E-state index contributed by atoms with van der Waals surface area (Å²) in [6.07, 6.45) is 4.38. The molecule has 0 saturated carbocycles. The molecular weight excluding hydrogens is 269 g/mol. The summed E-state index contributed by atoms with van der Waals surface area (Å²) < 4.78 is 0. The second-order valence-corrected chi connectivity index (χ2v) is 5.59. The Morgan fingerprint density at radius 1 is 1.28 bits per heavy atom. The Bertz CT molecular complexity index is 427. The number of nitrogens with zero attached hydrogens (tertiary/aromatic N) is 1. The number of rotatable bonds is 2. The fourth-order valence-electron chi connectivity index (χ4n) is 2.54. The molecule has 1 aliphatic heterocycles. The second-order valence-electron chi connectivity index (χ2n) is 4.71. The summed E-state index contributed by atoms with van der Waals surface area (Å²) in [6.45, 7) is 2.96. The third kappa shape index (κ3) is 2.99. The van der Waals surface area contributed by atoms with Gasteiger partial charge in [0.2, 0.25) is 0 Å². The van der Waals surface area contributed by atoms with Crippen LogP contribution in [0.15, 0.2) is 18.2 Å². The first-order valence-corrected chi connectivity index (χ1v) is 7.14. The number of hydrogen-bond acceptors (Lipinski definition) is 1. The highest BCUT2D eigenvalue weighted by Gasteiger charge is 2.26. The minimum absolute atomic E-state index is 0.0472. The molecule has 0 aliphatic carbocycles. The smallest absolute Gasteiger partial charge is 0.254 e. The van der Waals surface area contributed by atoms with Crippen LogP contribution in [0.4, 0.5) is 0 Å². The molecule has 0 bridgehead atoms. The van der Waals surface area contributed by atoms with Gasteiger partial charge in [0.15, 0.2) is 0 Å². The molecule has 1 saturated heterocycles. The Morgan fingerprint density at radius 2 is 1.94 bits per heavy atom. The highest BCUT2D eigenvalue weighted by molar-refractivity contribution is 6.35. The highest BCUT2D eigenvalue weighted by Crippen LogP contribution is 2.25. The Balaban J connectivity index is 2.23. The standard InChI is InChI=1S/C14H17Cl2NO/c1-2-13-5-3-4-6-17(13)14(18)10-7-11(15)9-12(16)8-10/h7-9,13H,2-6H2,1H3/t13-/m1/s1. The molecule has 2 rings (SSSR count). The molecule has 1 amide bonds. The average Bonchev–Trinajstić information content (AvgIpc) is 2.36. The zero-order valence-electron chi connectivity index (χ0n) is 10.5. The molecule has 0 unspecified atom stereocenters. The topological polar surface area (TPSA) is 20.3 Å². The molecule has 18 heavy (non-hydrogen) atoms. The first-order chi connectivity index (χ1) is 8.61. The molecule has 0 spiro atoms. The SMILES string of the molecule is CC[C@@H]1CCCCN1C(=O)c1cc(Cl)cc(Cl)c1. The molecule has 1 aliphatic rings. The van der Waals surface area contributed by atoms with Crippen molar-refractivity contribution in [3.8, 4) is 0 Å². The maximum Gasteiger partial charge on any atom is 0.254 e. The minimum Gasteiger partial charge on any atom is -0.336 e. The van der Waals surface area contributed by atoms with Gasteiger partial charge in [-0.3, -0.25) is 4.79 Å². The lowest BCUT2D eigenvalue weighted by molar-refractivity contribution is 0.0608. The molecule has 1 fully saturated rings. The van der Waals surface area contributed by atoms with E-state index in [2.05, 4.69) is 6.92 Å². The summed E-state index contributed by atoms with van der Waals surface area (Å²) in [5.74, 6) is 0.0472. The quantitative estimate of drug-likeness (QED) is 0.789. The van der Waals surface area contributed by atoms with Crippen LogP contribution >= 0.6 is 23.2 Å². The van der Waals surface area contributed by atoms with Crippen molar-refractivity contribution in [3.05, 3.63) is 33.8 Å². The maximum absolute atomic E-state index is 12.5. The zero-order valence-corrected chi connectivity index (χ0v) is 12.0. The van der Waals surface area contributed by atoms with Crippen molar-refractivity contribution in [2.75, 3.05) is 6.54 Å². The average molecular weight is 286 g/mol. The molecule has 1 aromatic carbocycles. The van der Waals surface area contributed by atoms with Gasteiger partial charge < -0.3 is 4.90 Å². The number of benzene rings is 1. The molecule has 0 aromatic heterocycles. The van der Waals surface area contributed by atoms with Crippen molar-refractivity contribution in [2.45, 2.75) is 38.6 Å². The van der Waals surface area contributed by atoms with E-state index in [-0.39, 0.29) is 5.91 Å². The third-order valence-electron chi connectivity index (χ3n) is 3.47. The monoisotopic (exact) mass is 285 g/mol. The summed E-state index contributed by atoms with van der Waals surface area (Å²) in [5.41, 5.74) is 0.591. The van der Waals surface area contributed by atoms with Gasteiger partial charge in [0.25, 0.3) is 5.91 Å². The van der Waals surface area contributed by atoms with Crippen molar-refractivity contribution in [3.63, 3.8) is 0 Å². The van der Waals surface area contributed by atoms with Crippen LogP contribution in [0.5, 0.6) is 0 Å². The van der Waals surface area contributed by atoms with Crippen molar-refractivity contribution < 1.29 is 4.79 Å². The number of piperidine rings is 1. The van der Waals surface area contributed by atoms with Gasteiger partial charge in [-0.2, -0.15) is 0 Å². The number of carbonyl (C=O) groups is 1. The number of likely N-dealkylation sites (tertiary alicyclic amines) is 1. The van der Waals surface area contributed by atoms with E-state index in [1.165, 1.54) is 6.42 Å². The van der Waals surface area contributed by atoms with Crippen LogP contribution in [0.1, 0.15) is 43.0 Å². The maximum atomic E-state index is 12.5. The van der Waals surface area contributed by atoms with E-state index in [1.807, 2.05) is 4.90 Å². The van der Waals surface area contributed by atoms with Crippen molar-refractivity contribution in [1.29, 1.82) is 0 Å². The largest absolute Gasteiger partial charge is 0.336 e. The van der Waals surface area contributed by atoms with Crippen molar-refractivity contribution in [1.82, 2.24) is 4.90 Å². The Kier molecular flexibility index (Phi) is 4.52. The summed E-state index contributed by atoms with van der Waals surface area (Å²) in [6, 6.07) is 5.38. The molecule has 98 valence electrons. The molecule has 1 atom stereocenters. The van der Waals surface area contributed by atoms with Gasteiger partial charge in [0.1, 0.15) is 0 Å². The van der Waals surface area contributed by atoms with Crippen LogP contribution in [-0.4, -0.2) is 23.4 Å². The van der Waals surface area contributed by atoms with Gasteiger partial charge in [-0.15, -0.1) is 0 Å². The van der Waals surface area contributed by atoms with E-state index in [0.29, 0.717) is 21.7 Å². The second kappa shape index (κ2) is 5.94. The fraction of sp³-hybridized carbons (Fsp3) is 0.500. The molecule has 1 heterocycles. The molecule has 4 heteroatoms. The summed E-state index contributed by atoms with van der Waals surface area (Å²) in [4.78, 5) is 14.4. The molecule has 2 nitrogen and oxygen atoms in total. The van der Waals surface area contributed by atoms with E-state index >= 15 is 0 Å². The summed E-state index contributed by atoms with van der Waals surface area (Å²) >= 11 is 11.9. The molecular formula is C14H17Cl2NO. The summed E-state index contributed by atoms with van der Waals surface area (Å²) in [7, 11) is 0. The third-order valence-corrected chi connectivity index (χ3v) is 3.91. The van der Waals surface area contributed by atoms with E-state index < -0.39 is 0 Å². The van der Waals surface area contributed by atoms with Crippen LogP contribution in [0.2, 0.25) is 10.0 Å². The van der Waals surface area contributed by atoms with Crippen LogP contribution < -0.4 is 0 Å². The van der Waals surface area contributed by atoms with Gasteiger partial charge in [-0.1, -0.05) is 30.1 Å². The highest BCUT2D eigenvalue weighted by atomic mass is 35.5. The van der Waals surface area contributed by atoms with Gasteiger partial charge >= 0.3 is 0 Å². The number of carbonyl (C=O) groups excluding carboxylic acids is 1. The van der Waals surface area contributed by atoms with Crippen LogP contribution in [-0.2, 0) is 0 Å². The van der Waals surface area contributed by atoms with E-state index in [1.54, 1.807) is 18.2 Å². The lowest BCUT2D eigenvalue weighted by Gasteiger charge is -2.35. The Hall–Kier alpha value is -0.730. The predicted molar refractivity (Wildman–Crippen MR) is 75.4 cm³/mol. The molecule has 0 N–H and O–H groups in total. The van der Waals surface area contributed by atoms with Gasteiger partial charge in [0, 0.05) is 28.2 Å². The predicted octanol–water partition coefficient (Wildman–Crippen LogP) is 4.40. The lowest BCUT2D eigenvalue weighted by atomic mass is 9.99. The van der Waals surface area contributed by atoms with Crippen molar-refractivity contribution in [2.24, 2.45) is 0 Å². The first-order valence-electron chi connectivity index (χ1n) is 6.39. The van der Waals surface area contributed by atoms with Crippen LogP contribution in [0.25, 0.3) is 0 Å². The normalized spacial score (nSPS) is 19.9. The Morgan fingerprint density at radius 3 is 2.56 bits per heavy atom. The minimum atomic E-state index is 0.0472. The summed E-state index contributed by atoms with van der Waals surface area (Å²) in [5, 5.41) is 1.02. The van der Waals surface area contributed by atoms with Gasteiger partial charge in [-0.25, -0.2) is 0 Å². The number of halogens is 2. The van der Waals surface area contributed by atoms with E-state index in [9.17, 15) is 4.79 Å². The van der Waals surface area contributed by atoms with Gasteiger partial charge in [-0.05, 0) is 43.9 Å². The van der Waals surface area contributed by atoms with Crippen LogP contribution in [0.3, 0.4) is 0 Å². The lowest BCUT2D eigenvalue weighted by Crippen LogP contribution is -2.43. The van der Waals surface area contributed by atoms with E-state index in [4.69, 9.17) is 23.2 Å². The number of amides is 1. The van der Waals surface area contributed by atoms with Crippen molar-refractivity contribution >= 4 is 29.1 Å².